The summed E-state index contributed by atoms with van der Waals surface area (Å²) in [5.74, 6) is -0.254. The van der Waals surface area contributed by atoms with Crippen LogP contribution in [0.5, 0.6) is 46.3 Å². The van der Waals surface area contributed by atoms with Crippen molar-refractivity contribution in [3.63, 3.8) is 0 Å². The number of ether oxygens (including phenoxy) is 7. The number of methoxy groups -OCH3 is 7. The molecule has 0 saturated carbocycles. The van der Waals surface area contributed by atoms with Crippen LogP contribution in [0, 0.1) is 0 Å². The van der Waals surface area contributed by atoms with Gasteiger partial charge < -0.3 is 43.4 Å². The molecule has 0 bridgehead atoms. The maximum Gasteiger partial charge on any atom is 0.347 e. The van der Waals surface area contributed by atoms with E-state index in [9.17, 15) is 24.6 Å². The lowest BCUT2D eigenvalue weighted by atomic mass is 10.2. The first kappa shape index (κ1) is 34.7. The Morgan fingerprint density at radius 1 is 0.630 bits per heavy atom. The molecule has 0 radical (unpaired) electrons. The molecular weight excluding hydrogens is 604 g/mol. The zero-order valence-electron chi connectivity index (χ0n) is 26.5. The lowest BCUT2D eigenvalue weighted by molar-refractivity contribution is 0.0593. The Labute approximate surface area is 264 Å². The predicted octanol–water partition coefficient (Wildman–Crippen LogP) is 3.04. The first-order chi connectivity index (χ1) is 22.1. The van der Waals surface area contributed by atoms with Gasteiger partial charge in [-0.15, -0.1) is 0 Å². The van der Waals surface area contributed by atoms with Crippen LogP contribution < -0.4 is 39.5 Å². The summed E-state index contributed by atoms with van der Waals surface area (Å²) in [6.07, 6.45) is 0. The fraction of sp³-hybridized carbons (Fsp3) is 0.281. The molecule has 0 atom stereocenters. The Bertz CT molecular complexity index is 1760. The van der Waals surface area contributed by atoms with Crippen LogP contribution in [0.15, 0.2) is 64.2 Å². The number of carbonyl (C=O) groups is 1. The number of pyridine rings is 2. The molecule has 0 amide bonds. The van der Waals surface area contributed by atoms with Crippen molar-refractivity contribution in [1.82, 2.24) is 9.13 Å². The highest BCUT2D eigenvalue weighted by molar-refractivity contribution is 5.93. The molecule has 4 rings (SSSR count). The van der Waals surface area contributed by atoms with E-state index in [1.807, 2.05) is 24.3 Å². The molecule has 2 N–H and O–H groups in total. The van der Waals surface area contributed by atoms with E-state index in [1.165, 1.54) is 37.6 Å². The van der Waals surface area contributed by atoms with Gasteiger partial charge in [-0.2, -0.15) is 0 Å². The quantitative estimate of drug-likeness (QED) is 0.231. The fourth-order valence-electron chi connectivity index (χ4n) is 4.45. The number of carbonyl (C=O) groups excluding carboxylic acids is 1. The fourth-order valence-corrected chi connectivity index (χ4v) is 4.45. The van der Waals surface area contributed by atoms with Gasteiger partial charge in [-0.25, -0.2) is 4.79 Å². The van der Waals surface area contributed by atoms with Gasteiger partial charge in [-0.1, -0.05) is 24.3 Å². The van der Waals surface area contributed by atoms with E-state index in [0.717, 1.165) is 30.1 Å². The predicted molar refractivity (Wildman–Crippen MR) is 166 cm³/mol. The number of rotatable bonds is 11. The first-order valence-corrected chi connectivity index (χ1v) is 13.6. The molecule has 0 fully saturated rings. The lowest BCUT2D eigenvalue weighted by Crippen LogP contribution is -2.29. The van der Waals surface area contributed by atoms with Crippen molar-refractivity contribution in [2.24, 2.45) is 0 Å². The van der Waals surface area contributed by atoms with Crippen LogP contribution in [0.25, 0.3) is 0 Å². The van der Waals surface area contributed by atoms with E-state index >= 15 is 0 Å². The molecular formula is C32H36N2O12. The molecule has 0 aliphatic rings. The minimum atomic E-state index is -0.966. The van der Waals surface area contributed by atoms with Gasteiger partial charge in [0.25, 0.3) is 11.1 Å². The standard InChI is InChI=1S/C17H19NO7.C15H17NO5/c1-22-11-7-5-10(6-8-11)9-18-15(20)12(17(21)25-4)13(19)14(23-2)16(18)24-3;1-19-11-6-4-10(5-7-11)9-16-13(18)8-12(17)14(20-2)15(16)21-3/h5-8,19H,9H2,1-4H3;4-8,17H,9H2,1-3H3. The summed E-state index contributed by atoms with van der Waals surface area (Å²) in [4.78, 5) is 36.7. The second-order valence-corrected chi connectivity index (χ2v) is 9.34. The third kappa shape index (κ3) is 7.46. The second-order valence-electron chi connectivity index (χ2n) is 9.34. The molecule has 0 aliphatic carbocycles. The molecule has 14 nitrogen and oxygen atoms in total. The number of aromatic nitrogens is 2. The molecule has 4 aromatic rings. The Morgan fingerprint density at radius 2 is 1.09 bits per heavy atom. The third-order valence-corrected chi connectivity index (χ3v) is 6.73. The van der Waals surface area contributed by atoms with Crippen molar-refractivity contribution < 1.29 is 48.2 Å². The number of esters is 1. The SMILES string of the molecule is COC(=O)c1c(O)c(OC)c(OC)n(Cc2ccc(OC)cc2)c1=O.COc1ccc(Cn2c(OC)c(OC)c(O)cc2=O)cc1. The van der Waals surface area contributed by atoms with E-state index in [-0.39, 0.29) is 41.1 Å². The smallest absolute Gasteiger partial charge is 0.347 e. The molecule has 0 unspecified atom stereocenters. The summed E-state index contributed by atoms with van der Waals surface area (Å²) in [7, 11) is 9.70. The van der Waals surface area contributed by atoms with E-state index < -0.39 is 22.8 Å². The molecule has 2 aromatic carbocycles. The Kier molecular flexibility index (Phi) is 11.9. The van der Waals surface area contributed by atoms with E-state index in [2.05, 4.69) is 4.74 Å². The molecule has 0 spiro atoms. The lowest BCUT2D eigenvalue weighted by Gasteiger charge is -2.18. The van der Waals surface area contributed by atoms with E-state index in [0.29, 0.717) is 12.3 Å². The van der Waals surface area contributed by atoms with Crippen LogP contribution in [-0.2, 0) is 17.8 Å². The number of nitrogens with zero attached hydrogens (tertiary/aromatic N) is 2. The molecule has 2 aromatic heterocycles. The normalized spacial score (nSPS) is 10.2. The summed E-state index contributed by atoms with van der Waals surface area (Å²) < 4.78 is 38.0. The molecule has 0 aliphatic heterocycles. The summed E-state index contributed by atoms with van der Waals surface area (Å²) in [5.41, 5.74) is 0.00106. The Hall–Kier alpha value is -5.79. The van der Waals surface area contributed by atoms with Gasteiger partial charge in [0.15, 0.2) is 17.1 Å². The monoisotopic (exact) mass is 640 g/mol. The van der Waals surface area contributed by atoms with Crippen molar-refractivity contribution in [2.75, 3.05) is 49.8 Å². The first-order valence-electron chi connectivity index (χ1n) is 13.6. The zero-order valence-corrected chi connectivity index (χ0v) is 26.5. The van der Waals surface area contributed by atoms with Gasteiger partial charge in [0.2, 0.25) is 23.3 Å². The summed E-state index contributed by atoms with van der Waals surface area (Å²) in [6, 6.07) is 15.4. The largest absolute Gasteiger partial charge is 0.504 e. The van der Waals surface area contributed by atoms with Crippen molar-refractivity contribution >= 4 is 5.97 Å². The van der Waals surface area contributed by atoms with Gasteiger partial charge in [-0.05, 0) is 35.4 Å². The van der Waals surface area contributed by atoms with Gasteiger partial charge in [-0.3, -0.25) is 18.7 Å². The third-order valence-electron chi connectivity index (χ3n) is 6.73. The van der Waals surface area contributed by atoms with Crippen LogP contribution >= 0.6 is 0 Å². The van der Waals surface area contributed by atoms with Crippen molar-refractivity contribution in [1.29, 1.82) is 0 Å². The summed E-state index contributed by atoms with van der Waals surface area (Å²) in [6.45, 7) is 0.384. The maximum absolute atomic E-state index is 12.7. The van der Waals surface area contributed by atoms with Gasteiger partial charge in [0.05, 0.1) is 62.9 Å². The second kappa shape index (κ2) is 15.8. The van der Waals surface area contributed by atoms with Crippen LogP contribution in [0.2, 0.25) is 0 Å². The Morgan fingerprint density at radius 3 is 1.50 bits per heavy atom. The van der Waals surface area contributed by atoms with E-state index in [1.54, 1.807) is 38.5 Å². The topological polar surface area (TPSA) is 166 Å². The Balaban J connectivity index is 0.000000254. The average Bonchev–Trinajstić information content (AvgIpc) is 3.07. The minimum Gasteiger partial charge on any atom is -0.504 e. The number of hydrogen-bond donors (Lipinski definition) is 2. The maximum atomic E-state index is 12.7. The van der Waals surface area contributed by atoms with Gasteiger partial charge in [0, 0.05) is 6.07 Å². The van der Waals surface area contributed by atoms with Gasteiger partial charge in [0.1, 0.15) is 11.5 Å². The molecule has 246 valence electrons. The molecule has 14 heteroatoms. The van der Waals surface area contributed by atoms with Crippen LogP contribution in [0.3, 0.4) is 0 Å². The molecule has 46 heavy (non-hydrogen) atoms. The van der Waals surface area contributed by atoms with E-state index in [4.69, 9.17) is 28.4 Å². The molecule has 0 saturated heterocycles. The molecule has 2 heterocycles. The van der Waals surface area contributed by atoms with Crippen molar-refractivity contribution in [2.45, 2.75) is 13.1 Å². The van der Waals surface area contributed by atoms with Crippen molar-refractivity contribution in [3.8, 4) is 46.3 Å². The van der Waals surface area contributed by atoms with Crippen LogP contribution in [0.1, 0.15) is 21.5 Å². The highest BCUT2D eigenvalue weighted by Crippen LogP contribution is 2.38. The summed E-state index contributed by atoms with van der Waals surface area (Å²) in [5, 5.41) is 19.9. The highest BCUT2D eigenvalue weighted by Gasteiger charge is 2.28. The van der Waals surface area contributed by atoms with Crippen LogP contribution in [0.4, 0.5) is 0 Å². The zero-order chi connectivity index (χ0) is 34.0. The van der Waals surface area contributed by atoms with Gasteiger partial charge >= 0.3 is 5.97 Å². The highest BCUT2D eigenvalue weighted by atomic mass is 16.5. The number of hydrogen-bond acceptors (Lipinski definition) is 12. The average molecular weight is 641 g/mol. The number of aromatic hydroxyl groups is 2. The number of benzene rings is 2. The minimum absolute atomic E-state index is 0.00605. The summed E-state index contributed by atoms with van der Waals surface area (Å²) >= 11 is 0. The van der Waals surface area contributed by atoms with Crippen LogP contribution in [-0.4, -0.2) is 75.1 Å². The van der Waals surface area contributed by atoms with Crippen molar-refractivity contribution in [3.05, 3.63) is 92.0 Å².